The molecule has 4 rings (SSSR count). The van der Waals surface area contributed by atoms with Crippen LogP contribution in [0.4, 0.5) is 33.6 Å². The number of anilines is 2. The molecule has 0 aromatic carbocycles. The molecule has 164 valence electrons. The number of hydrogen-bond acceptors (Lipinski definition) is 6. The number of aromatic nitrogens is 5. The molecule has 1 amide bonds. The second-order valence-electron chi connectivity index (χ2n) is 7.63. The number of aryl methyl sites for hydroxylation is 1. The molecule has 4 heterocycles. The van der Waals surface area contributed by atoms with Gasteiger partial charge in [0, 0.05) is 19.2 Å². The molecule has 13 heteroatoms. The second kappa shape index (κ2) is 6.56. The molecule has 1 aliphatic rings. The van der Waals surface area contributed by atoms with E-state index in [4.69, 9.17) is 5.73 Å². The monoisotopic (exact) mass is 441 g/mol. The summed E-state index contributed by atoms with van der Waals surface area (Å²) in [4.78, 5) is 24.7. The van der Waals surface area contributed by atoms with E-state index in [1.807, 2.05) is 0 Å². The van der Waals surface area contributed by atoms with Crippen LogP contribution in [-0.4, -0.2) is 42.7 Å². The molecule has 8 nitrogen and oxygen atoms in total. The van der Waals surface area contributed by atoms with Crippen molar-refractivity contribution >= 4 is 28.6 Å². The maximum absolute atomic E-state index is 13.4. The molecule has 3 N–H and O–H groups in total. The van der Waals surface area contributed by atoms with E-state index in [0.717, 1.165) is 4.68 Å². The van der Waals surface area contributed by atoms with Gasteiger partial charge in [0.2, 0.25) is 5.91 Å². The first-order valence-corrected chi connectivity index (χ1v) is 9.09. The van der Waals surface area contributed by atoms with E-state index < -0.39 is 30.5 Å². The van der Waals surface area contributed by atoms with Crippen LogP contribution in [0.5, 0.6) is 0 Å². The van der Waals surface area contributed by atoms with Crippen molar-refractivity contribution in [2.75, 3.05) is 11.1 Å². The van der Waals surface area contributed by atoms with Crippen LogP contribution in [0, 0.1) is 0 Å². The quantitative estimate of drug-likeness (QED) is 0.601. The Morgan fingerprint density at radius 1 is 1.19 bits per heavy atom. The number of nitrogens with zero attached hydrogens (tertiary/aromatic N) is 5. The predicted octanol–water partition coefficient (Wildman–Crippen LogP) is 3.29. The van der Waals surface area contributed by atoms with Crippen molar-refractivity contribution in [1.29, 1.82) is 0 Å². The summed E-state index contributed by atoms with van der Waals surface area (Å²) in [6.45, 7) is 2.56. The standard InChI is InChI=1S/C18H16F5N7O/c1-16(2)9-11(24)26-13(27-12(9)28-15(16)31)10-8-4-3-6-25-14(8)30(29-10)7-5-17(19,20)18(21,22)23/h3-4,6H,5,7H2,1-2H3,(H3,24,26,27,28,31). The molecule has 0 bridgehead atoms. The lowest BCUT2D eigenvalue weighted by Crippen LogP contribution is -2.37. The van der Waals surface area contributed by atoms with Gasteiger partial charge < -0.3 is 11.1 Å². The summed E-state index contributed by atoms with van der Waals surface area (Å²) in [6, 6.07) is 3.10. The van der Waals surface area contributed by atoms with Gasteiger partial charge in [-0.15, -0.1) is 0 Å². The number of carbonyl (C=O) groups is 1. The summed E-state index contributed by atoms with van der Waals surface area (Å²) in [5, 5.41) is 7.07. The Hall–Kier alpha value is -3.38. The van der Waals surface area contributed by atoms with Gasteiger partial charge in [-0.25, -0.2) is 19.6 Å². The number of pyridine rings is 1. The van der Waals surface area contributed by atoms with Gasteiger partial charge in [0.25, 0.3) is 0 Å². The number of fused-ring (bicyclic) bond motifs is 2. The topological polar surface area (TPSA) is 112 Å². The lowest BCUT2D eigenvalue weighted by Gasteiger charge is -2.19. The zero-order valence-corrected chi connectivity index (χ0v) is 16.3. The molecular weight excluding hydrogens is 425 g/mol. The first-order chi connectivity index (χ1) is 14.3. The van der Waals surface area contributed by atoms with Crippen molar-refractivity contribution in [2.45, 2.75) is 44.3 Å². The fraction of sp³-hybridized carbons (Fsp3) is 0.389. The van der Waals surface area contributed by atoms with Gasteiger partial charge in [-0.3, -0.25) is 4.79 Å². The van der Waals surface area contributed by atoms with E-state index in [9.17, 15) is 26.7 Å². The molecule has 0 atom stereocenters. The molecule has 0 spiro atoms. The van der Waals surface area contributed by atoms with Crippen molar-refractivity contribution in [2.24, 2.45) is 0 Å². The predicted molar refractivity (Wildman–Crippen MR) is 100 cm³/mol. The highest BCUT2D eigenvalue weighted by Crippen LogP contribution is 2.41. The molecule has 1 aliphatic heterocycles. The van der Waals surface area contributed by atoms with Crippen molar-refractivity contribution < 1.29 is 26.7 Å². The third-order valence-corrected chi connectivity index (χ3v) is 5.13. The van der Waals surface area contributed by atoms with E-state index in [1.54, 1.807) is 26.0 Å². The first kappa shape index (κ1) is 20.9. The second-order valence-corrected chi connectivity index (χ2v) is 7.63. The summed E-state index contributed by atoms with van der Waals surface area (Å²) >= 11 is 0. The Balaban J connectivity index is 1.78. The number of amides is 1. The highest BCUT2D eigenvalue weighted by molar-refractivity contribution is 6.06. The lowest BCUT2D eigenvalue weighted by molar-refractivity contribution is -0.285. The number of hydrogen-bond donors (Lipinski definition) is 2. The van der Waals surface area contributed by atoms with Crippen LogP contribution in [0.15, 0.2) is 18.3 Å². The molecule has 0 unspecified atom stereocenters. The van der Waals surface area contributed by atoms with Crippen molar-refractivity contribution in [1.82, 2.24) is 24.7 Å². The van der Waals surface area contributed by atoms with E-state index in [1.165, 1.54) is 6.20 Å². The van der Waals surface area contributed by atoms with Crippen LogP contribution in [0.1, 0.15) is 25.8 Å². The zero-order valence-electron chi connectivity index (χ0n) is 16.3. The minimum absolute atomic E-state index is 0.0198. The third-order valence-electron chi connectivity index (χ3n) is 5.13. The van der Waals surface area contributed by atoms with Gasteiger partial charge in [-0.2, -0.15) is 27.1 Å². The maximum Gasteiger partial charge on any atom is 0.453 e. The van der Waals surface area contributed by atoms with Crippen LogP contribution in [0.2, 0.25) is 0 Å². The number of rotatable bonds is 4. The summed E-state index contributed by atoms with van der Waals surface area (Å²) in [5.41, 5.74) is 5.68. The zero-order chi connectivity index (χ0) is 22.8. The lowest BCUT2D eigenvalue weighted by atomic mass is 9.87. The fourth-order valence-corrected chi connectivity index (χ4v) is 3.39. The molecule has 3 aromatic heterocycles. The Labute approximate surface area is 171 Å². The van der Waals surface area contributed by atoms with Gasteiger partial charge in [0.05, 0.1) is 16.4 Å². The molecule has 0 aliphatic carbocycles. The molecule has 0 saturated carbocycles. The van der Waals surface area contributed by atoms with Crippen LogP contribution < -0.4 is 11.1 Å². The van der Waals surface area contributed by atoms with Crippen molar-refractivity contribution in [3.8, 4) is 11.5 Å². The SMILES string of the molecule is CC1(C)C(=O)Nc2nc(-c3nn(CCC(F)(F)C(F)(F)F)c4ncccc34)nc(N)c21. The summed E-state index contributed by atoms with van der Waals surface area (Å²) < 4.78 is 65.3. The van der Waals surface area contributed by atoms with Crippen LogP contribution in [0.3, 0.4) is 0 Å². The highest BCUT2D eigenvalue weighted by Gasteiger charge is 2.56. The molecule has 0 saturated heterocycles. The number of alkyl halides is 5. The maximum atomic E-state index is 13.4. The number of nitrogens with one attached hydrogen (secondary N) is 1. The number of carbonyl (C=O) groups excluding carboxylic acids is 1. The van der Waals surface area contributed by atoms with Crippen molar-refractivity contribution in [3.05, 3.63) is 23.9 Å². The van der Waals surface area contributed by atoms with Crippen LogP contribution in [-0.2, 0) is 16.8 Å². The molecular formula is C18H16F5N7O. The van der Waals surface area contributed by atoms with E-state index in [-0.39, 0.29) is 34.7 Å². The molecule has 0 radical (unpaired) electrons. The van der Waals surface area contributed by atoms with E-state index in [2.05, 4.69) is 25.4 Å². The number of nitrogen functional groups attached to an aromatic ring is 1. The summed E-state index contributed by atoms with van der Waals surface area (Å²) in [6.07, 6.45) is -5.83. The smallest absolute Gasteiger partial charge is 0.383 e. The molecule has 0 fully saturated rings. The number of nitrogens with two attached hydrogens (primary N) is 1. The van der Waals surface area contributed by atoms with Gasteiger partial charge in [-0.05, 0) is 26.0 Å². The summed E-state index contributed by atoms with van der Waals surface area (Å²) in [7, 11) is 0. The highest BCUT2D eigenvalue weighted by atomic mass is 19.4. The molecule has 31 heavy (non-hydrogen) atoms. The van der Waals surface area contributed by atoms with Gasteiger partial charge in [-0.1, -0.05) is 0 Å². The van der Waals surface area contributed by atoms with Gasteiger partial charge >= 0.3 is 12.1 Å². The average molecular weight is 441 g/mol. The molecule has 3 aromatic rings. The van der Waals surface area contributed by atoms with Crippen LogP contribution >= 0.6 is 0 Å². The first-order valence-electron chi connectivity index (χ1n) is 9.09. The Kier molecular flexibility index (Phi) is 4.42. The minimum Gasteiger partial charge on any atom is -0.383 e. The normalized spacial score (nSPS) is 15.9. The van der Waals surface area contributed by atoms with Crippen molar-refractivity contribution in [3.63, 3.8) is 0 Å². The average Bonchev–Trinajstić information content (AvgIpc) is 3.14. The third kappa shape index (κ3) is 3.24. The fourth-order valence-electron chi connectivity index (χ4n) is 3.39. The Morgan fingerprint density at radius 3 is 2.58 bits per heavy atom. The van der Waals surface area contributed by atoms with E-state index in [0.29, 0.717) is 10.9 Å². The Morgan fingerprint density at radius 2 is 1.90 bits per heavy atom. The largest absolute Gasteiger partial charge is 0.453 e. The summed E-state index contributed by atoms with van der Waals surface area (Å²) in [5.74, 6) is -5.02. The Bertz CT molecular complexity index is 1200. The van der Waals surface area contributed by atoms with Gasteiger partial charge in [0.15, 0.2) is 11.5 Å². The number of halogens is 5. The van der Waals surface area contributed by atoms with Gasteiger partial charge in [0.1, 0.15) is 17.3 Å². The van der Waals surface area contributed by atoms with Crippen LogP contribution in [0.25, 0.3) is 22.6 Å². The minimum atomic E-state index is -5.67. The van der Waals surface area contributed by atoms with E-state index >= 15 is 0 Å².